The highest BCUT2D eigenvalue weighted by atomic mass is 79.9. The van der Waals surface area contributed by atoms with Crippen LogP contribution in [0.3, 0.4) is 0 Å². The number of rotatable bonds is 2. The number of fused-ring (bicyclic) bond motifs is 2. The van der Waals surface area contributed by atoms with E-state index in [4.69, 9.17) is 9.47 Å². The lowest BCUT2D eigenvalue weighted by molar-refractivity contribution is -0.226. The zero-order valence-corrected chi connectivity index (χ0v) is 13.9. The van der Waals surface area contributed by atoms with Gasteiger partial charge in [-0.2, -0.15) is 0 Å². The van der Waals surface area contributed by atoms with Crippen LogP contribution >= 0.6 is 15.9 Å². The van der Waals surface area contributed by atoms with E-state index in [2.05, 4.69) is 15.9 Å². The Hall–Kier alpha value is -1.36. The van der Waals surface area contributed by atoms with Gasteiger partial charge in [0.15, 0.2) is 0 Å². The maximum Gasteiger partial charge on any atom is 0.320 e. The minimum absolute atomic E-state index is 0.162. The summed E-state index contributed by atoms with van der Waals surface area (Å²) in [6.07, 6.45) is 2.81. The molecule has 0 N–H and O–H groups in total. The second-order valence-electron chi connectivity index (χ2n) is 6.29. The molecule has 1 aromatic carbocycles. The predicted molar refractivity (Wildman–Crippen MR) is 82.3 cm³/mol. The smallest absolute Gasteiger partial charge is 0.320 e. The SMILES string of the molecule is CCOC(=O)[C@@]12CC[C@H]3C(=O)O[C@]31CCc1c(Br)cccc12. The van der Waals surface area contributed by atoms with Gasteiger partial charge in [-0.3, -0.25) is 9.59 Å². The molecule has 1 saturated heterocycles. The lowest BCUT2D eigenvalue weighted by atomic mass is 9.58. The molecular weight excluding hydrogens is 348 g/mol. The Bertz CT molecular complexity index is 685. The van der Waals surface area contributed by atoms with Crippen molar-refractivity contribution in [3.8, 4) is 0 Å². The highest BCUT2D eigenvalue weighted by molar-refractivity contribution is 9.10. The monoisotopic (exact) mass is 364 g/mol. The van der Waals surface area contributed by atoms with Crippen LogP contribution in [0.2, 0.25) is 0 Å². The molecule has 3 aliphatic rings. The van der Waals surface area contributed by atoms with Gasteiger partial charge in [0.1, 0.15) is 11.0 Å². The molecule has 4 rings (SSSR count). The van der Waals surface area contributed by atoms with Gasteiger partial charge in [-0.15, -0.1) is 0 Å². The van der Waals surface area contributed by atoms with Crippen molar-refractivity contribution >= 4 is 27.9 Å². The lowest BCUT2D eigenvalue weighted by Gasteiger charge is -2.54. The molecule has 2 fully saturated rings. The van der Waals surface area contributed by atoms with E-state index in [1.165, 1.54) is 0 Å². The number of benzene rings is 1. The van der Waals surface area contributed by atoms with Crippen LogP contribution in [0.4, 0.5) is 0 Å². The van der Waals surface area contributed by atoms with Crippen LogP contribution in [-0.4, -0.2) is 24.1 Å². The number of ether oxygens (including phenoxy) is 2. The Morgan fingerprint density at radius 3 is 3.00 bits per heavy atom. The predicted octanol–water partition coefficient (Wildman–Crippen LogP) is 2.90. The maximum absolute atomic E-state index is 12.9. The fourth-order valence-corrected chi connectivity index (χ4v) is 5.29. The summed E-state index contributed by atoms with van der Waals surface area (Å²) < 4.78 is 12.1. The van der Waals surface area contributed by atoms with Gasteiger partial charge >= 0.3 is 11.9 Å². The molecule has 3 atom stereocenters. The molecule has 1 aliphatic heterocycles. The summed E-state index contributed by atoms with van der Waals surface area (Å²) in [4.78, 5) is 24.8. The van der Waals surface area contributed by atoms with E-state index in [0.717, 1.165) is 22.0 Å². The third-order valence-electron chi connectivity index (χ3n) is 5.61. The van der Waals surface area contributed by atoms with E-state index in [9.17, 15) is 9.59 Å². The van der Waals surface area contributed by atoms with Gasteiger partial charge in [0.05, 0.1) is 12.5 Å². The van der Waals surface area contributed by atoms with Crippen LogP contribution in [0, 0.1) is 5.92 Å². The average Bonchev–Trinajstić information content (AvgIpc) is 2.77. The van der Waals surface area contributed by atoms with Gasteiger partial charge in [0.2, 0.25) is 0 Å². The van der Waals surface area contributed by atoms with Crippen molar-refractivity contribution in [3.05, 3.63) is 33.8 Å². The topological polar surface area (TPSA) is 52.6 Å². The van der Waals surface area contributed by atoms with Gasteiger partial charge in [-0.05, 0) is 49.8 Å². The third-order valence-corrected chi connectivity index (χ3v) is 6.35. The average molecular weight is 365 g/mol. The first kappa shape index (κ1) is 14.2. The Kier molecular flexibility index (Phi) is 2.96. The van der Waals surface area contributed by atoms with Crippen molar-refractivity contribution in [2.24, 2.45) is 5.92 Å². The van der Waals surface area contributed by atoms with E-state index in [-0.39, 0.29) is 17.9 Å². The van der Waals surface area contributed by atoms with Crippen LogP contribution in [-0.2, 0) is 30.9 Å². The zero-order chi connectivity index (χ0) is 15.5. The lowest BCUT2D eigenvalue weighted by Crippen LogP contribution is -2.68. The van der Waals surface area contributed by atoms with Crippen molar-refractivity contribution in [1.29, 1.82) is 0 Å². The molecule has 116 valence electrons. The standard InChI is InChI=1S/C17H17BrO4/c1-2-21-15(20)16-8-7-12-14(19)22-17(12,16)9-6-10-11(16)4-3-5-13(10)18/h3-5,12H,2,6-9H2,1H3/t12-,16-,17+/m0/s1. The highest BCUT2D eigenvalue weighted by Gasteiger charge is 2.76. The highest BCUT2D eigenvalue weighted by Crippen LogP contribution is 2.64. The molecular formula is C17H17BrO4. The molecule has 1 spiro atoms. The molecule has 1 aromatic rings. The zero-order valence-electron chi connectivity index (χ0n) is 12.4. The Labute approximate surface area is 137 Å². The van der Waals surface area contributed by atoms with Crippen LogP contribution in [0.25, 0.3) is 0 Å². The van der Waals surface area contributed by atoms with E-state index in [1.807, 2.05) is 25.1 Å². The molecule has 2 aliphatic carbocycles. The largest absolute Gasteiger partial charge is 0.465 e. The molecule has 1 saturated carbocycles. The summed E-state index contributed by atoms with van der Waals surface area (Å²) >= 11 is 3.59. The quantitative estimate of drug-likeness (QED) is 0.757. The Morgan fingerprint density at radius 1 is 1.45 bits per heavy atom. The number of hydrogen-bond acceptors (Lipinski definition) is 4. The molecule has 0 aromatic heterocycles. The number of hydrogen-bond donors (Lipinski definition) is 0. The first-order chi connectivity index (χ1) is 10.6. The molecule has 0 radical (unpaired) electrons. The first-order valence-corrected chi connectivity index (χ1v) is 8.54. The van der Waals surface area contributed by atoms with Gasteiger partial charge < -0.3 is 9.47 Å². The summed E-state index contributed by atoms with van der Waals surface area (Å²) in [7, 11) is 0. The van der Waals surface area contributed by atoms with Crippen molar-refractivity contribution in [1.82, 2.24) is 0 Å². The molecule has 0 amide bonds. The van der Waals surface area contributed by atoms with Gasteiger partial charge in [-0.25, -0.2) is 0 Å². The third kappa shape index (κ3) is 1.43. The maximum atomic E-state index is 12.9. The van der Waals surface area contributed by atoms with Crippen LogP contribution < -0.4 is 0 Å². The van der Waals surface area contributed by atoms with Crippen LogP contribution in [0.1, 0.15) is 37.3 Å². The van der Waals surface area contributed by atoms with Crippen LogP contribution in [0.5, 0.6) is 0 Å². The molecule has 0 unspecified atom stereocenters. The van der Waals surface area contributed by atoms with E-state index >= 15 is 0 Å². The molecule has 4 nitrogen and oxygen atoms in total. The van der Waals surface area contributed by atoms with Gasteiger partial charge in [-0.1, -0.05) is 28.1 Å². The number of esters is 2. The van der Waals surface area contributed by atoms with Crippen molar-refractivity contribution in [3.63, 3.8) is 0 Å². The van der Waals surface area contributed by atoms with Crippen molar-refractivity contribution in [2.75, 3.05) is 6.61 Å². The second kappa shape index (κ2) is 4.57. The summed E-state index contributed by atoms with van der Waals surface area (Å²) in [6.45, 7) is 2.14. The summed E-state index contributed by atoms with van der Waals surface area (Å²) in [6, 6.07) is 5.93. The molecule has 5 heteroatoms. The van der Waals surface area contributed by atoms with Crippen molar-refractivity contribution < 1.29 is 19.1 Å². The van der Waals surface area contributed by atoms with Crippen molar-refractivity contribution in [2.45, 2.75) is 43.6 Å². The van der Waals surface area contributed by atoms with Gasteiger partial charge in [0.25, 0.3) is 0 Å². The Morgan fingerprint density at radius 2 is 2.27 bits per heavy atom. The molecule has 22 heavy (non-hydrogen) atoms. The van der Waals surface area contributed by atoms with E-state index < -0.39 is 11.0 Å². The van der Waals surface area contributed by atoms with E-state index in [1.54, 1.807) is 0 Å². The van der Waals surface area contributed by atoms with Gasteiger partial charge in [0, 0.05) is 4.47 Å². The fraction of sp³-hybridized carbons (Fsp3) is 0.529. The molecule has 1 heterocycles. The minimum atomic E-state index is -0.834. The number of carbonyl (C=O) groups is 2. The Balaban J connectivity index is 1.94. The van der Waals surface area contributed by atoms with E-state index in [0.29, 0.717) is 25.9 Å². The second-order valence-corrected chi connectivity index (χ2v) is 7.15. The summed E-state index contributed by atoms with van der Waals surface area (Å²) in [5, 5.41) is 0. The summed E-state index contributed by atoms with van der Waals surface area (Å²) in [5.74, 6) is -0.572. The number of carbonyl (C=O) groups excluding carboxylic acids is 2. The first-order valence-electron chi connectivity index (χ1n) is 7.75. The normalized spacial score (nSPS) is 34.8. The number of halogens is 1. The minimum Gasteiger partial charge on any atom is -0.465 e. The molecule has 0 bridgehead atoms. The van der Waals surface area contributed by atoms with Crippen LogP contribution in [0.15, 0.2) is 22.7 Å². The fourth-order valence-electron chi connectivity index (χ4n) is 4.73. The summed E-state index contributed by atoms with van der Waals surface area (Å²) in [5.41, 5.74) is 0.592.